The van der Waals surface area contributed by atoms with Crippen LogP contribution in [0.5, 0.6) is 0 Å². The van der Waals surface area contributed by atoms with E-state index in [4.69, 9.17) is 10.5 Å². The van der Waals surface area contributed by atoms with E-state index in [1.165, 1.54) is 0 Å². The third-order valence-corrected chi connectivity index (χ3v) is 2.84. The summed E-state index contributed by atoms with van der Waals surface area (Å²) in [6.07, 6.45) is 1.62. The molecule has 0 aliphatic carbocycles. The number of nitrogens with one attached hydrogen (secondary N) is 1. The van der Waals surface area contributed by atoms with Gasteiger partial charge in [0.1, 0.15) is 0 Å². The van der Waals surface area contributed by atoms with Gasteiger partial charge in [0.05, 0.1) is 6.04 Å². The van der Waals surface area contributed by atoms with Crippen LogP contribution in [0.1, 0.15) is 33.6 Å². The van der Waals surface area contributed by atoms with Crippen LogP contribution in [0.3, 0.4) is 0 Å². The van der Waals surface area contributed by atoms with Crippen molar-refractivity contribution in [2.75, 3.05) is 13.7 Å². The van der Waals surface area contributed by atoms with E-state index in [0.29, 0.717) is 18.9 Å². The van der Waals surface area contributed by atoms with Gasteiger partial charge in [0.15, 0.2) is 0 Å². The average Bonchev–Trinajstić information content (AvgIpc) is 2.24. The lowest BCUT2D eigenvalue weighted by molar-refractivity contribution is -0.123. The van der Waals surface area contributed by atoms with E-state index in [-0.39, 0.29) is 11.9 Å². The second kappa shape index (κ2) is 7.65. The number of hydrogen-bond acceptors (Lipinski definition) is 3. The molecule has 3 atom stereocenters. The fourth-order valence-corrected chi connectivity index (χ4v) is 1.20. The Morgan fingerprint density at radius 3 is 2.53 bits per heavy atom. The minimum atomic E-state index is -0.462. The Bertz CT molecular complexity index is 185. The van der Waals surface area contributed by atoms with Crippen molar-refractivity contribution in [3.8, 4) is 0 Å². The molecule has 0 aliphatic heterocycles. The van der Waals surface area contributed by atoms with Crippen molar-refractivity contribution in [3.05, 3.63) is 0 Å². The van der Waals surface area contributed by atoms with E-state index in [1.54, 1.807) is 7.11 Å². The van der Waals surface area contributed by atoms with Crippen LogP contribution >= 0.6 is 0 Å². The largest absolute Gasteiger partial charge is 0.385 e. The van der Waals surface area contributed by atoms with E-state index < -0.39 is 6.04 Å². The second-order valence-electron chi connectivity index (χ2n) is 4.07. The van der Waals surface area contributed by atoms with Gasteiger partial charge < -0.3 is 15.8 Å². The standard InChI is InChI=1S/C11H24N2O2/c1-5-8(2)9(3)13-11(14)10(12)6-7-15-4/h8-10H,5-7,12H2,1-4H3,(H,13,14). The summed E-state index contributed by atoms with van der Waals surface area (Å²) in [6, 6.07) is -0.285. The molecule has 0 heterocycles. The number of nitrogens with two attached hydrogens (primary N) is 1. The van der Waals surface area contributed by atoms with Gasteiger partial charge in [0, 0.05) is 19.8 Å². The molecule has 4 nitrogen and oxygen atoms in total. The van der Waals surface area contributed by atoms with Gasteiger partial charge in [-0.3, -0.25) is 4.79 Å². The van der Waals surface area contributed by atoms with Gasteiger partial charge in [-0.2, -0.15) is 0 Å². The summed E-state index contributed by atoms with van der Waals surface area (Å²) >= 11 is 0. The molecule has 3 unspecified atom stereocenters. The molecule has 0 aromatic rings. The quantitative estimate of drug-likeness (QED) is 0.664. The molecule has 0 aliphatic rings. The van der Waals surface area contributed by atoms with Gasteiger partial charge in [0.25, 0.3) is 0 Å². The molecule has 0 saturated heterocycles. The van der Waals surface area contributed by atoms with Gasteiger partial charge in [0.2, 0.25) is 5.91 Å². The Hall–Kier alpha value is -0.610. The molecule has 4 heteroatoms. The molecule has 3 N–H and O–H groups in total. The van der Waals surface area contributed by atoms with Gasteiger partial charge in [-0.1, -0.05) is 20.3 Å². The molecule has 15 heavy (non-hydrogen) atoms. The highest BCUT2D eigenvalue weighted by Gasteiger charge is 2.17. The summed E-state index contributed by atoms with van der Waals surface area (Å²) in [5.74, 6) is 0.392. The lowest BCUT2D eigenvalue weighted by Gasteiger charge is -2.21. The molecule has 0 spiro atoms. The van der Waals surface area contributed by atoms with Gasteiger partial charge in [-0.15, -0.1) is 0 Å². The van der Waals surface area contributed by atoms with Crippen molar-refractivity contribution in [2.45, 2.75) is 45.7 Å². The van der Waals surface area contributed by atoms with Crippen molar-refractivity contribution < 1.29 is 9.53 Å². The molecule has 0 fully saturated rings. The third-order valence-electron chi connectivity index (χ3n) is 2.84. The lowest BCUT2D eigenvalue weighted by Crippen LogP contribution is -2.46. The molecule has 0 aromatic heterocycles. The Morgan fingerprint density at radius 2 is 2.07 bits per heavy atom. The van der Waals surface area contributed by atoms with Crippen LogP contribution in [-0.4, -0.2) is 31.7 Å². The zero-order valence-electron chi connectivity index (χ0n) is 10.2. The van der Waals surface area contributed by atoms with Crippen LogP contribution in [0, 0.1) is 5.92 Å². The predicted octanol–water partition coefficient (Wildman–Crippen LogP) is 0.901. The predicted molar refractivity (Wildman–Crippen MR) is 61.5 cm³/mol. The monoisotopic (exact) mass is 216 g/mol. The molecule has 0 bridgehead atoms. The topological polar surface area (TPSA) is 64.4 Å². The summed E-state index contributed by atoms with van der Waals surface area (Å²) in [6.45, 7) is 6.76. The smallest absolute Gasteiger partial charge is 0.237 e. The zero-order valence-corrected chi connectivity index (χ0v) is 10.2. The number of carbonyl (C=O) groups excluding carboxylic acids is 1. The molecule has 0 radical (unpaired) electrons. The first-order valence-electron chi connectivity index (χ1n) is 5.57. The molecule has 0 saturated carbocycles. The molecule has 90 valence electrons. The number of rotatable bonds is 7. The Balaban J connectivity index is 3.90. The highest BCUT2D eigenvalue weighted by molar-refractivity contribution is 5.81. The first kappa shape index (κ1) is 14.4. The van der Waals surface area contributed by atoms with Crippen molar-refractivity contribution in [2.24, 2.45) is 11.7 Å². The van der Waals surface area contributed by atoms with Crippen LogP contribution in [0.2, 0.25) is 0 Å². The number of hydrogen-bond donors (Lipinski definition) is 2. The van der Waals surface area contributed by atoms with Crippen LogP contribution in [0.15, 0.2) is 0 Å². The summed E-state index contributed by atoms with van der Waals surface area (Å²) in [5.41, 5.74) is 5.70. The molecular formula is C11H24N2O2. The summed E-state index contributed by atoms with van der Waals surface area (Å²) in [5, 5.41) is 2.92. The summed E-state index contributed by atoms with van der Waals surface area (Å²) in [4.78, 5) is 11.6. The van der Waals surface area contributed by atoms with Gasteiger partial charge in [-0.25, -0.2) is 0 Å². The van der Waals surface area contributed by atoms with E-state index in [1.807, 2.05) is 6.92 Å². The van der Waals surface area contributed by atoms with Crippen LogP contribution in [-0.2, 0) is 9.53 Å². The van der Waals surface area contributed by atoms with Crippen LogP contribution in [0.4, 0.5) is 0 Å². The highest BCUT2D eigenvalue weighted by atomic mass is 16.5. The highest BCUT2D eigenvalue weighted by Crippen LogP contribution is 2.06. The maximum atomic E-state index is 11.6. The van der Waals surface area contributed by atoms with Gasteiger partial charge in [-0.05, 0) is 19.3 Å². The first-order valence-corrected chi connectivity index (χ1v) is 5.57. The van der Waals surface area contributed by atoms with Crippen molar-refractivity contribution in [1.29, 1.82) is 0 Å². The number of ether oxygens (including phenoxy) is 1. The van der Waals surface area contributed by atoms with Crippen LogP contribution < -0.4 is 11.1 Å². The van der Waals surface area contributed by atoms with Crippen molar-refractivity contribution in [3.63, 3.8) is 0 Å². The molecule has 1 amide bonds. The first-order chi connectivity index (χ1) is 7.02. The summed E-state index contributed by atoms with van der Waals surface area (Å²) in [7, 11) is 1.60. The normalized spacial score (nSPS) is 16.9. The van der Waals surface area contributed by atoms with E-state index >= 15 is 0 Å². The fourth-order valence-electron chi connectivity index (χ4n) is 1.20. The SMILES string of the molecule is CCC(C)C(C)NC(=O)C(N)CCOC. The Kier molecular flexibility index (Phi) is 7.34. The number of methoxy groups -OCH3 is 1. The van der Waals surface area contributed by atoms with Gasteiger partial charge >= 0.3 is 0 Å². The van der Waals surface area contributed by atoms with E-state index in [0.717, 1.165) is 6.42 Å². The van der Waals surface area contributed by atoms with Crippen LogP contribution in [0.25, 0.3) is 0 Å². The molecular weight excluding hydrogens is 192 g/mol. The second-order valence-corrected chi connectivity index (χ2v) is 4.07. The number of carbonyl (C=O) groups is 1. The molecule has 0 rings (SSSR count). The zero-order chi connectivity index (χ0) is 11.8. The minimum Gasteiger partial charge on any atom is -0.385 e. The maximum absolute atomic E-state index is 11.6. The maximum Gasteiger partial charge on any atom is 0.237 e. The molecule has 0 aromatic carbocycles. The fraction of sp³-hybridized carbons (Fsp3) is 0.909. The minimum absolute atomic E-state index is 0.0835. The van der Waals surface area contributed by atoms with E-state index in [9.17, 15) is 4.79 Å². The van der Waals surface area contributed by atoms with E-state index in [2.05, 4.69) is 19.2 Å². The third kappa shape index (κ3) is 5.74. The average molecular weight is 216 g/mol. The lowest BCUT2D eigenvalue weighted by atomic mass is 10.0. The Morgan fingerprint density at radius 1 is 1.47 bits per heavy atom. The van der Waals surface area contributed by atoms with Crippen molar-refractivity contribution >= 4 is 5.91 Å². The number of amides is 1. The van der Waals surface area contributed by atoms with Crippen molar-refractivity contribution in [1.82, 2.24) is 5.32 Å². The summed E-state index contributed by atoms with van der Waals surface area (Å²) < 4.78 is 4.88. The Labute approximate surface area is 92.6 Å².